The van der Waals surface area contributed by atoms with Crippen molar-refractivity contribution in [1.29, 1.82) is 0 Å². The molecule has 0 bridgehead atoms. The van der Waals surface area contributed by atoms with Crippen LogP contribution in [-0.2, 0) is 23.0 Å². The number of hydrogen-bond acceptors (Lipinski definition) is 4. The Bertz CT molecular complexity index is 341. The summed E-state index contributed by atoms with van der Waals surface area (Å²) in [6.45, 7) is 1.37. The highest BCUT2D eigenvalue weighted by Gasteiger charge is 2.13. The second-order valence-electron chi connectivity index (χ2n) is 3.47. The van der Waals surface area contributed by atoms with Gasteiger partial charge in [0.15, 0.2) is 0 Å². The number of aryl methyl sites for hydroxylation is 1. The summed E-state index contributed by atoms with van der Waals surface area (Å²) in [4.78, 5) is 10.8. The van der Waals surface area contributed by atoms with Crippen molar-refractivity contribution in [3.05, 3.63) is 18.0 Å². The first-order valence-corrected chi connectivity index (χ1v) is 5.95. The lowest BCUT2D eigenvalue weighted by atomic mass is 10.2. The summed E-state index contributed by atoms with van der Waals surface area (Å²) in [5, 5.41) is 7.25. The lowest BCUT2D eigenvalue weighted by Gasteiger charge is -2.08. The van der Waals surface area contributed by atoms with E-state index in [4.69, 9.17) is 0 Å². The molecule has 1 aromatic rings. The van der Waals surface area contributed by atoms with E-state index < -0.39 is 0 Å². The normalized spacial score (nSPS) is 12.4. The van der Waals surface area contributed by atoms with Gasteiger partial charge in [0.25, 0.3) is 0 Å². The molecule has 0 fully saturated rings. The van der Waals surface area contributed by atoms with E-state index in [0.717, 1.165) is 13.0 Å². The Morgan fingerprint density at radius 2 is 2.50 bits per heavy atom. The van der Waals surface area contributed by atoms with Gasteiger partial charge in [0.05, 0.1) is 13.3 Å². The molecular weight excluding hydrogens is 274 g/mol. The average Bonchev–Trinajstić information content (AvgIpc) is 2.69. The zero-order valence-corrected chi connectivity index (χ0v) is 11.0. The van der Waals surface area contributed by atoms with E-state index in [0.29, 0.717) is 6.54 Å². The summed E-state index contributed by atoms with van der Waals surface area (Å²) < 4.78 is 6.37. The highest BCUT2D eigenvalue weighted by Crippen LogP contribution is 2.00. The summed E-state index contributed by atoms with van der Waals surface area (Å²) in [7, 11) is 3.27. The maximum atomic E-state index is 11.1. The number of alkyl halides is 1. The number of nitrogens with zero attached hydrogens (tertiary/aromatic N) is 2. The molecule has 1 aromatic heterocycles. The van der Waals surface area contributed by atoms with Crippen molar-refractivity contribution in [2.75, 3.05) is 20.2 Å². The number of nitrogens with one attached hydrogen (secondary N) is 1. The van der Waals surface area contributed by atoms with Gasteiger partial charge in [-0.1, -0.05) is 15.9 Å². The van der Waals surface area contributed by atoms with Crippen LogP contribution in [0.4, 0.5) is 0 Å². The number of carbonyl (C=O) groups excluding carboxylic acids is 1. The number of hydrogen-bond donors (Lipinski definition) is 1. The SMILES string of the molecule is COC(=O)C(Br)CNCCc1cnn(C)c1. The van der Waals surface area contributed by atoms with Crippen LogP contribution >= 0.6 is 15.9 Å². The fourth-order valence-electron chi connectivity index (χ4n) is 1.27. The van der Waals surface area contributed by atoms with E-state index in [2.05, 4.69) is 31.1 Å². The van der Waals surface area contributed by atoms with Gasteiger partial charge in [-0.2, -0.15) is 5.10 Å². The molecule has 0 saturated heterocycles. The molecule has 1 heterocycles. The zero-order valence-electron chi connectivity index (χ0n) is 9.44. The molecule has 0 aliphatic heterocycles. The first kappa shape index (κ1) is 13.2. The fourth-order valence-corrected chi connectivity index (χ4v) is 1.69. The second kappa shape index (κ2) is 6.65. The summed E-state index contributed by atoms with van der Waals surface area (Å²) in [5.41, 5.74) is 1.18. The van der Waals surface area contributed by atoms with Gasteiger partial charge in [0.2, 0.25) is 0 Å². The van der Waals surface area contributed by atoms with Crippen LogP contribution in [0.3, 0.4) is 0 Å². The minimum atomic E-state index is -0.286. The van der Waals surface area contributed by atoms with Crippen molar-refractivity contribution in [2.24, 2.45) is 7.05 Å². The van der Waals surface area contributed by atoms with Crippen LogP contribution in [0.25, 0.3) is 0 Å². The Morgan fingerprint density at radius 3 is 3.06 bits per heavy atom. The van der Waals surface area contributed by atoms with Gasteiger partial charge in [-0.25, -0.2) is 0 Å². The molecule has 6 heteroatoms. The highest BCUT2D eigenvalue weighted by molar-refractivity contribution is 9.10. The van der Waals surface area contributed by atoms with E-state index >= 15 is 0 Å². The van der Waals surface area contributed by atoms with Crippen molar-refractivity contribution in [3.63, 3.8) is 0 Å². The number of ether oxygens (including phenoxy) is 1. The lowest BCUT2D eigenvalue weighted by Crippen LogP contribution is -2.30. The van der Waals surface area contributed by atoms with Crippen LogP contribution in [0.5, 0.6) is 0 Å². The van der Waals surface area contributed by atoms with Crippen LogP contribution in [0.2, 0.25) is 0 Å². The smallest absolute Gasteiger partial charge is 0.320 e. The first-order valence-electron chi connectivity index (χ1n) is 5.03. The Labute approximate surface area is 103 Å². The quantitative estimate of drug-likeness (QED) is 0.470. The van der Waals surface area contributed by atoms with E-state index in [1.165, 1.54) is 12.7 Å². The second-order valence-corrected chi connectivity index (χ2v) is 4.57. The van der Waals surface area contributed by atoms with Crippen LogP contribution in [0, 0.1) is 0 Å². The topological polar surface area (TPSA) is 56.1 Å². The molecule has 0 aromatic carbocycles. The molecule has 0 radical (unpaired) electrons. The maximum absolute atomic E-state index is 11.1. The van der Waals surface area contributed by atoms with Gasteiger partial charge in [0, 0.05) is 19.8 Å². The number of aromatic nitrogens is 2. The third kappa shape index (κ3) is 4.32. The molecule has 16 heavy (non-hydrogen) atoms. The molecule has 0 aliphatic carbocycles. The summed E-state index contributed by atoms with van der Waals surface area (Å²) >= 11 is 3.24. The maximum Gasteiger partial charge on any atom is 0.320 e. The van der Waals surface area contributed by atoms with Crippen molar-refractivity contribution in [3.8, 4) is 0 Å². The van der Waals surface area contributed by atoms with Crippen molar-refractivity contribution < 1.29 is 9.53 Å². The number of halogens is 1. The Morgan fingerprint density at radius 1 is 1.75 bits per heavy atom. The van der Waals surface area contributed by atoms with Gasteiger partial charge in [-0.05, 0) is 18.5 Å². The molecular formula is C10H16BrN3O2. The minimum Gasteiger partial charge on any atom is -0.468 e. The molecule has 0 saturated carbocycles. The van der Waals surface area contributed by atoms with Crippen molar-refractivity contribution in [2.45, 2.75) is 11.2 Å². The molecule has 1 unspecified atom stereocenters. The number of carbonyl (C=O) groups is 1. The molecule has 1 rings (SSSR count). The van der Waals surface area contributed by atoms with Gasteiger partial charge < -0.3 is 10.1 Å². The van der Waals surface area contributed by atoms with Crippen LogP contribution in [0.1, 0.15) is 5.56 Å². The van der Waals surface area contributed by atoms with Gasteiger partial charge >= 0.3 is 5.97 Å². The minimum absolute atomic E-state index is 0.256. The van der Waals surface area contributed by atoms with Gasteiger partial charge in [-0.3, -0.25) is 9.48 Å². The highest BCUT2D eigenvalue weighted by atomic mass is 79.9. The summed E-state index contributed by atoms with van der Waals surface area (Å²) in [5.74, 6) is -0.256. The number of methoxy groups -OCH3 is 1. The van der Waals surface area contributed by atoms with Gasteiger partial charge in [-0.15, -0.1) is 0 Å². The largest absolute Gasteiger partial charge is 0.468 e. The van der Waals surface area contributed by atoms with E-state index in [9.17, 15) is 4.79 Å². The molecule has 0 aliphatic rings. The zero-order chi connectivity index (χ0) is 12.0. The van der Waals surface area contributed by atoms with E-state index in [1.54, 1.807) is 4.68 Å². The Kier molecular flexibility index (Phi) is 5.48. The van der Waals surface area contributed by atoms with E-state index in [-0.39, 0.29) is 10.8 Å². The predicted octanol–water partition coefficient (Wildman–Crippen LogP) is 0.489. The molecule has 0 spiro atoms. The first-order chi connectivity index (χ1) is 7.63. The Balaban J connectivity index is 2.14. The van der Waals surface area contributed by atoms with Crippen molar-refractivity contribution >= 4 is 21.9 Å². The fraction of sp³-hybridized carbons (Fsp3) is 0.600. The predicted molar refractivity (Wildman–Crippen MR) is 64.5 cm³/mol. The molecule has 1 atom stereocenters. The lowest BCUT2D eigenvalue weighted by molar-refractivity contribution is -0.139. The summed E-state index contributed by atoms with van der Waals surface area (Å²) in [6.07, 6.45) is 4.72. The number of rotatable bonds is 6. The summed E-state index contributed by atoms with van der Waals surface area (Å²) in [6, 6.07) is 0. The molecule has 5 nitrogen and oxygen atoms in total. The standard InChI is InChI=1S/C10H16BrN3O2/c1-14-7-8(5-13-14)3-4-12-6-9(11)10(15)16-2/h5,7,9,12H,3-4,6H2,1-2H3. The third-order valence-electron chi connectivity index (χ3n) is 2.13. The molecule has 90 valence electrons. The van der Waals surface area contributed by atoms with Crippen molar-refractivity contribution in [1.82, 2.24) is 15.1 Å². The molecule has 1 N–H and O–H groups in total. The molecule has 0 amide bonds. The monoisotopic (exact) mass is 289 g/mol. The van der Waals surface area contributed by atoms with Gasteiger partial charge in [0.1, 0.15) is 4.83 Å². The van der Waals surface area contributed by atoms with Crippen LogP contribution < -0.4 is 5.32 Å². The third-order valence-corrected chi connectivity index (χ3v) is 2.83. The average molecular weight is 290 g/mol. The van der Waals surface area contributed by atoms with Crippen LogP contribution in [0.15, 0.2) is 12.4 Å². The number of esters is 1. The van der Waals surface area contributed by atoms with E-state index in [1.807, 2.05) is 19.4 Å². The Hall–Kier alpha value is -0.880. The van der Waals surface area contributed by atoms with Crippen LogP contribution in [-0.4, -0.2) is 40.8 Å².